The van der Waals surface area contributed by atoms with Crippen LogP contribution in [0.1, 0.15) is 56.0 Å². The van der Waals surface area contributed by atoms with Gasteiger partial charge in [0.15, 0.2) is 16.7 Å². The summed E-state index contributed by atoms with van der Waals surface area (Å²) in [5, 5.41) is 1.73. The van der Waals surface area contributed by atoms with Crippen LogP contribution in [0.2, 0.25) is 0 Å². The van der Waals surface area contributed by atoms with Crippen molar-refractivity contribution in [2.75, 3.05) is 19.7 Å². The minimum Gasteiger partial charge on any atom is -0.493 e. The molecule has 0 spiro atoms. The molecule has 4 aromatic rings. The van der Waals surface area contributed by atoms with Gasteiger partial charge in [0.1, 0.15) is 22.8 Å². The van der Waals surface area contributed by atoms with Crippen LogP contribution in [0.25, 0.3) is 21.9 Å². The van der Waals surface area contributed by atoms with Crippen molar-refractivity contribution in [1.29, 1.82) is 0 Å². The standard InChI is InChI=1S/C29H34FN5O3S/c1-18-33-25-15-32-28-24(12-13-31-28)26(25)27(34-18)20-4-6-21(7-5-20)29(39(36)37)35-14-2-3-19(16-35)17-38-23-10-8-22(30)9-11-23/h8-13,15,19-21,29H,2-7,14,16-17H2,1H3,(H,33,34)(H,36,37). The molecular weight excluding hydrogens is 517 g/mol. The van der Waals surface area contributed by atoms with Crippen LogP contribution >= 0.6 is 0 Å². The van der Waals surface area contributed by atoms with Gasteiger partial charge in [-0.1, -0.05) is 0 Å². The first-order valence-corrected chi connectivity index (χ1v) is 14.9. The Morgan fingerprint density at radius 3 is 2.72 bits per heavy atom. The monoisotopic (exact) mass is 551 g/mol. The molecular formula is C29H34FN5O3S. The molecule has 1 aromatic carbocycles. The summed E-state index contributed by atoms with van der Waals surface area (Å²) < 4.78 is 42.2. The van der Waals surface area contributed by atoms with Crippen LogP contribution in [0.5, 0.6) is 5.75 Å². The Balaban J connectivity index is 1.14. The third-order valence-corrected chi connectivity index (χ3v) is 9.48. The molecule has 2 N–H and O–H groups in total. The first-order chi connectivity index (χ1) is 19.0. The van der Waals surface area contributed by atoms with Gasteiger partial charge in [0, 0.05) is 35.1 Å². The molecule has 3 atom stereocenters. The molecule has 206 valence electrons. The van der Waals surface area contributed by atoms with Crippen molar-refractivity contribution in [3.05, 3.63) is 60.1 Å². The summed E-state index contributed by atoms with van der Waals surface area (Å²) in [5.41, 5.74) is 2.78. The molecule has 3 aromatic heterocycles. The van der Waals surface area contributed by atoms with Gasteiger partial charge >= 0.3 is 0 Å². The lowest BCUT2D eigenvalue weighted by molar-refractivity contribution is 0.0877. The van der Waals surface area contributed by atoms with Crippen LogP contribution in [0.3, 0.4) is 0 Å². The zero-order chi connectivity index (χ0) is 26.9. The molecule has 1 saturated carbocycles. The van der Waals surface area contributed by atoms with Crippen molar-refractivity contribution in [2.45, 2.75) is 56.7 Å². The summed E-state index contributed by atoms with van der Waals surface area (Å²) in [6.07, 6.45) is 9.23. The van der Waals surface area contributed by atoms with Crippen molar-refractivity contribution in [2.24, 2.45) is 11.8 Å². The summed E-state index contributed by atoms with van der Waals surface area (Å²) in [5.74, 6) is 1.96. The van der Waals surface area contributed by atoms with Crippen LogP contribution in [0.15, 0.2) is 42.7 Å². The number of piperidine rings is 1. The highest BCUT2D eigenvalue weighted by atomic mass is 32.2. The molecule has 8 nitrogen and oxygen atoms in total. The number of benzene rings is 1. The summed E-state index contributed by atoms with van der Waals surface area (Å²) >= 11 is -1.94. The Kier molecular flexibility index (Phi) is 7.59. The number of rotatable bonds is 7. The van der Waals surface area contributed by atoms with Gasteiger partial charge in [-0.25, -0.2) is 23.6 Å². The highest BCUT2D eigenvalue weighted by molar-refractivity contribution is 7.79. The number of aromatic nitrogens is 4. The fourth-order valence-corrected chi connectivity index (χ4v) is 7.63. The van der Waals surface area contributed by atoms with E-state index in [1.165, 1.54) is 17.8 Å². The second-order valence-corrected chi connectivity index (χ2v) is 12.0. The number of fused-ring (bicyclic) bond motifs is 3. The van der Waals surface area contributed by atoms with Crippen molar-refractivity contribution in [3.8, 4) is 5.75 Å². The fourth-order valence-electron chi connectivity index (χ4n) is 6.58. The fraction of sp³-hybridized carbons (Fsp3) is 0.483. The lowest BCUT2D eigenvalue weighted by Gasteiger charge is -2.42. The number of ether oxygens (including phenoxy) is 1. The van der Waals surface area contributed by atoms with E-state index in [1.807, 2.05) is 13.0 Å². The molecule has 2 aliphatic rings. The molecule has 1 aliphatic carbocycles. The van der Waals surface area contributed by atoms with E-state index in [4.69, 9.17) is 4.74 Å². The first kappa shape index (κ1) is 26.3. The molecule has 2 fully saturated rings. The van der Waals surface area contributed by atoms with Crippen molar-refractivity contribution in [3.63, 3.8) is 0 Å². The molecule has 3 unspecified atom stereocenters. The maximum absolute atomic E-state index is 13.2. The number of aromatic amines is 1. The number of nitrogens with zero attached hydrogens (tertiary/aromatic N) is 4. The van der Waals surface area contributed by atoms with Gasteiger partial charge in [-0.2, -0.15) is 0 Å². The molecule has 0 bridgehead atoms. The Morgan fingerprint density at radius 2 is 1.95 bits per heavy atom. The zero-order valence-corrected chi connectivity index (χ0v) is 22.9. The third kappa shape index (κ3) is 5.55. The molecule has 1 saturated heterocycles. The van der Waals surface area contributed by atoms with Gasteiger partial charge in [-0.15, -0.1) is 0 Å². The molecule has 6 rings (SSSR count). The normalized spacial score (nSPS) is 24.1. The summed E-state index contributed by atoms with van der Waals surface area (Å²) in [7, 11) is 0. The van der Waals surface area contributed by atoms with E-state index in [0.29, 0.717) is 18.3 Å². The number of likely N-dealkylation sites (tertiary alicyclic amines) is 1. The van der Waals surface area contributed by atoms with Crippen LogP contribution < -0.4 is 4.74 Å². The summed E-state index contributed by atoms with van der Waals surface area (Å²) in [6, 6.07) is 8.07. The van der Waals surface area contributed by atoms with E-state index in [0.717, 1.165) is 79.4 Å². The number of hydrogen-bond donors (Lipinski definition) is 2. The van der Waals surface area contributed by atoms with Crippen LogP contribution in [-0.2, 0) is 11.1 Å². The highest BCUT2D eigenvalue weighted by Gasteiger charge is 2.38. The van der Waals surface area contributed by atoms with Gasteiger partial charge in [-0.05, 0) is 94.2 Å². The Hall–Kier alpha value is -2.95. The van der Waals surface area contributed by atoms with E-state index < -0.39 is 11.1 Å². The first-order valence-electron chi connectivity index (χ1n) is 13.8. The number of H-pyrrole nitrogens is 1. The predicted molar refractivity (Wildman–Crippen MR) is 149 cm³/mol. The second kappa shape index (κ2) is 11.3. The molecule has 0 radical (unpaired) electrons. The molecule has 10 heteroatoms. The van der Waals surface area contributed by atoms with Gasteiger partial charge in [0.05, 0.1) is 18.3 Å². The summed E-state index contributed by atoms with van der Waals surface area (Å²) in [4.78, 5) is 19.3. The van der Waals surface area contributed by atoms with E-state index in [1.54, 1.807) is 24.5 Å². The van der Waals surface area contributed by atoms with Crippen molar-refractivity contribution >= 4 is 33.0 Å². The van der Waals surface area contributed by atoms with E-state index in [-0.39, 0.29) is 23.0 Å². The van der Waals surface area contributed by atoms with Crippen LogP contribution in [-0.4, -0.2) is 58.7 Å². The maximum atomic E-state index is 13.2. The molecule has 1 aliphatic heterocycles. The highest BCUT2D eigenvalue weighted by Crippen LogP contribution is 2.41. The number of aryl methyl sites for hydroxylation is 1. The largest absolute Gasteiger partial charge is 0.493 e. The smallest absolute Gasteiger partial charge is 0.171 e. The lowest BCUT2D eigenvalue weighted by atomic mass is 9.78. The topological polar surface area (TPSA) is 104 Å². The third-order valence-electron chi connectivity index (χ3n) is 8.39. The Morgan fingerprint density at radius 1 is 1.15 bits per heavy atom. The van der Waals surface area contributed by atoms with Crippen LogP contribution in [0.4, 0.5) is 4.39 Å². The van der Waals surface area contributed by atoms with Gasteiger partial charge in [0.2, 0.25) is 0 Å². The minimum absolute atomic E-state index is 0.153. The maximum Gasteiger partial charge on any atom is 0.171 e. The predicted octanol–water partition coefficient (Wildman–Crippen LogP) is 5.57. The lowest BCUT2D eigenvalue weighted by Crippen LogP contribution is -2.49. The zero-order valence-electron chi connectivity index (χ0n) is 22.1. The van der Waals surface area contributed by atoms with Gasteiger partial charge < -0.3 is 14.3 Å². The Bertz CT molecular complexity index is 1470. The molecule has 4 heterocycles. The minimum atomic E-state index is -1.94. The van der Waals surface area contributed by atoms with Gasteiger partial charge in [0.25, 0.3) is 0 Å². The van der Waals surface area contributed by atoms with E-state index in [2.05, 4.69) is 24.8 Å². The van der Waals surface area contributed by atoms with Crippen molar-refractivity contribution in [1.82, 2.24) is 24.8 Å². The number of halogens is 1. The van der Waals surface area contributed by atoms with Crippen LogP contribution in [0, 0.1) is 24.6 Å². The average Bonchev–Trinajstić information content (AvgIpc) is 3.42. The Labute approximate surface area is 229 Å². The summed E-state index contributed by atoms with van der Waals surface area (Å²) in [6.45, 7) is 4.04. The molecule has 0 amide bonds. The molecule has 39 heavy (non-hydrogen) atoms. The SMILES string of the molecule is Cc1nc2cnc3nccc3c2c(C2CCC(C(N3CCCC(COc4ccc(F)cc4)C3)S(=O)O)CC2)[nH]1. The van der Waals surface area contributed by atoms with Gasteiger partial charge in [-0.3, -0.25) is 4.90 Å². The average molecular weight is 552 g/mol. The van der Waals surface area contributed by atoms with E-state index >= 15 is 0 Å². The van der Waals surface area contributed by atoms with Crippen molar-refractivity contribution < 1.29 is 17.9 Å². The second-order valence-electron chi connectivity index (χ2n) is 11.0. The number of pyridine rings is 1. The number of hydrogen-bond acceptors (Lipinski definition) is 6. The van der Waals surface area contributed by atoms with E-state index in [9.17, 15) is 13.2 Å². The number of nitrogens with one attached hydrogen (secondary N) is 1. The quantitative estimate of drug-likeness (QED) is 0.290.